The summed E-state index contributed by atoms with van der Waals surface area (Å²) in [5.74, 6) is 0.0137. The minimum Gasteiger partial charge on any atom is -0.351 e. The van der Waals surface area contributed by atoms with Gasteiger partial charge in [0.2, 0.25) is 5.91 Å². The van der Waals surface area contributed by atoms with Gasteiger partial charge in [0, 0.05) is 11.0 Å². The van der Waals surface area contributed by atoms with Gasteiger partial charge in [-0.15, -0.1) is 0 Å². The number of nitrogens with one attached hydrogen (secondary N) is 2. The number of amides is 1. The highest BCUT2D eigenvalue weighted by molar-refractivity contribution is 9.10. The van der Waals surface area contributed by atoms with E-state index in [1.165, 1.54) is 5.56 Å². The van der Waals surface area contributed by atoms with Gasteiger partial charge in [0.15, 0.2) is 0 Å². The normalized spacial score (nSPS) is 10.1. The van der Waals surface area contributed by atoms with E-state index >= 15 is 0 Å². The highest BCUT2D eigenvalue weighted by Crippen LogP contribution is 2.15. The largest absolute Gasteiger partial charge is 0.351 e. The molecule has 1 aromatic carbocycles. The fourth-order valence-corrected chi connectivity index (χ4v) is 1.75. The minimum atomic E-state index is 0.0137. The van der Waals surface area contributed by atoms with E-state index in [2.05, 4.69) is 26.6 Å². The SMILES string of the molecule is CNCC(=O)NCc1ccc(Br)cc1C. The van der Waals surface area contributed by atoms with E-state index in [4.69, 9.17) is 0 Å². The average Bonchev–Trinajstić information content (AvgIpc) is 2.17. The maximum atomic E-state index is 11.2. The Morgan fingerprint density at radius 3 is 2.80 bits per heavy atom. The molecular weight excluding hydrogens is 256 g/mol. The molecule has 0 saturated heterocycles. The number of carbonyl (C=O) groups excluding carboxylic acids is 1. The molecule has 1 aromatic rings. The van der Waals surface area contributed by atoms with Gasteiger partial charge in [-0.1, -0.05) is 22.0 Å². The molecule has 0 heterocycles. The van der Waals surface area contributed by atoms with Crippen LogP contribution in [-0.4, -0.2) is 19.5 Å². The summed E-state index contributed by atoms with van der Waals surface area (Å²) in [5.41, 5.74) is 2.32. The van der Waals surface area contributed by atoms with Crippen molar-refractivity contribution in [1.82, 2.24) is 10.6 Å². The van der Waals surface area contributed by atoms with E-state index in [1.807, 2.05) is 25.1 Å². The summed E-state index contributed by atoms with van der Waals surface area (Å²) in [6, 6.07) is 6.03. The lowest BCUT2D eigenvalue weighted by Gasteiger charge is -2.08. The Hall–Kier alpha value is -0.870. The standard InChI is InChI=1S/C11H15BrN2O/c1-8-5-10(12)4-3-9(8)6-14-11(15)7-13-2/h3-5,13H,6-7H2,1-2H3,(H,14,15). The van der Waals surface area contributed by atoms with Crippen LogP contribution in [0.25, 0.3) is 0 Å². The number of halogens is 1. The molecule has 0 radical (unpaired) electrons. The van der Waals surface area contributed by atoms with Crippen LogP contribution in [-0.2, 0) is 11.3 Å². The highest BCUT2D eigenvalue weighted by atomic mass is 79.9. The van der Waals surface area contributed by atoms with Crippen molar-refractivity contribution in [2.45, 2.75) is 13.5 Å². The van der Waals surface area contributed by atoms with Gasteiger partial charge in [-0.3, -0.25) is 4.79 Å². The van der Waals surface area contributed by atoms with Gasteiger partial charge in [0.25, 0.3) is 0 Å². The second-order valence-corrected chi connectivity index (χ2v) is 4.29. The predicted molar refractivity (Wildman–Crippen MR) is 64.7 cm³/mol. The predicted octanol–water partition coefficient (Wildman–Crippen LogP) is 1.59. The lowest BCUT2D eigenvalue weighted by atomic mass is 10.1. The maximum Gasteiger partial charge on any atom is 0.234 e. The Balaban J connectivity index is 2.54. The number of likely N-dealkylation sites (N-methyl/N-ethyl adjacent to an activating group) is 1. The fourth-order valence-electron chi connectivity index (χ4n) is 1.27. The topological polar surface area (TPSA) is 41.1 Å². The van der Waals surface area contributed by atoms with Gasteiger partial charge in [0.1, 0.15) is 0 Å². The van der Waals surface area contributed by atoms with Crippen LogP contribution >= 0.6 is 15.9 Å². The van der Waals surface area contributed by atoms with Crippen molar-refractivity contribution in [1.29, 1.82) is 0 Å². The van der Waals surface area contributed by atoms with Crippen molar-refractivity contribution in [2.24, 2.45) is 0 Å². The number of hydrogen-bond donors (Lipinski definition) is 2. The summed E-state index contributed by atoms with van der Waals surface area (Å²) in [7, 11) is 1.75. The molecule has 1 amide bonds. The molecule has 0 spiro atoms. The molecule has 4 heteroatoms. The quantitative estimate of drug-likeness (QED) is 0.873. The van der Waals surface area contributed by atoms with Gasteiger partial charge in [-0.25, -0.2) is 0 Å². The lowest BCUT2D eigenvalue weighted by Crippen LogP contribution is -2.31. The second kappa shape index (κ2) is 5.88. The van der Waals surface area contributed by atoms with E-state index in [-0.39, 0.29) is 5.91 Å². The number of hydrogen-bond acceptors (Lipinski definition) is 2. The zero-order chi connectivity index (χ0) is 11.3. The smallest absolute Gasteiger partial charge is 0.234 e. The molecule has 0 fully saturated rings. The number of rotatable bonds is 4. The molecule has 82 valence electrons. The van der Waals surface area contributed by atoms with Crippen molar-refractivity contribution >= 4 is 21.8 Å². The molecule has 3 nitrogen and oxygen atoms in total. The Bertz CT molecular complexity index is 352. The van der Waals surface area contributed by atoms with Crippen LogP contribution in [0, 0.1) is 6.92 Å². The van der Waals surface area contributed by atoms with Crippen LogP contribution < -0.4 is 10.6 Å². The van der Waals surface area contributed by atoms with E-state index in [9.17, 15) is 4.79 Å². The van der Waals surface area contributed by atoms with Gasteiger partial charge in [-0.05, 0) is 37.2 Å². The number of benzene rings is 1. The Morgan fingerprint density at radius 1 is 1.47 bits per heavy atom. The van der Waals surface area contributed by atoms with Crippen molar-refractivity contribution in [3.8, 4) is 0 Å². The molecule has 0 aliphatic carbocycles. The Labute approximate surface area is 98.4 Å². The summed E-state index contributed by atoms with van der Waals surface area (Å²) in [4.78, 5) is 11.2. The molecule has 15 heavy (non-hydrogen) atoms. The monoisotopic (exact) mass is 270 g/mol. The Morgan fingerprint density at radius 2 is 2.20 bits per heavy atom. The lowest BCUT2D eigenvalue weighted by molar-refractivity contribution is -0.120. The summed E-state index contributed by atoms with van der Waals surface area (Å²) in [6.07, 6.45) is 0. The zero-order valence-electron chi connectivity index (χ0n) is 8.93. The fraction of sp³-hybridized carbons (Fsp3) is 0.364. The third-order valence-electron chi connectivity index (χ3n) is 2.12. The van der Waals surface area contributed by atoms with Gasteiger partial charge in [-0.2, -0.15) is 0 Å². The summed E-state index contributed by atoms with van der Waals surface area (Å²) in [6.45, 7) is 2.97. The Kier molecular flexibility index (Phi) is 4.78. The summed E-state index contributed by atoms with van der Waals surface area (Å²) in [5, 5.41) is 5.65. The van der Waals surface area contributed by atoms with Gasteiger partial charge >= 0.3 is 0 Å². The maximum absolute atomic E-state index is 11.2. The van der Waals surface area contributed by atoms with Crippen LogP contribution in [0.3, 0.4) is 0 Å². The average molecular weight is 271 g/mol. The van der Waals surface area contributed by atoms with Crippen LogP contribution in [0.15, 0.2) is 22.7 Å². The number of carbonyl (C=O) groups is 1. The van der Waals surface area contributed by atoms with E-state index < -0.39 is 0 Å². The third-order valence-corrected chi connectivity index (χ3v) is 2.61. The summed E-state index contributed by atoms with van der Waals surface area (Å²) >= 11 is 3.40. The molecule has 1 rings (SSSR count). The molecule has 0 unspecified atom stereocenters. The first kappa shape index (κ1) is 12.2. The summed E-state index contributed by atoms with van der Waals surface area (Å²) < 4.78 is 1.06. The molecule has 0 aromatic heterocycles. The molecular formula is C11H15BrN2O. The molecule has 0 saturated carbocycles. The van der Waals surface area contributed by atoms with E-state index in [1.54, 1.807) is 7.05 Å². The van der Waals surface area contributed by atoms with Gasteiger partial charge in [0.05, 0.1) is 6.54 Å². The highest BCUT2D eigenvalue weighted by Gasteiger charge is 2.01. The van der Waals surface area contributed by atoms with E-state index in [0.29, 0.717) is 13.1 Å². The second-order valence-electron chi connectivity index (χ2n) is 3.38. The molecule has 0 aliphatic heterocycles. The third kappa shape index (κ3) is 4.01. The van der Waals surface area contributed by atoms with Crippen LogP contribution in [0.2, 0.25) is 0 Å². The molecule has 0 aliphatic rings. The van der Waals surface area contributed by atoms with Crippen LogP contribution in [0.4, 0.5) is 0 Å². The molecule has 0 bridgehead atoms. The first-order valence-electron chi connectivity index (χ1n) is 4.80. The van der Waals surface area contributed by atoms with E-state index in [0.717, 1.165) is 10.0 Å². The first-order chi connectivity index (χ1) is 7.13. The zero-order valence-corrected chi connectivity index (χ0v) is 10.5. The van der Waals surface area contributed by atoms with Crippen molar-refractivity contribution < 1.29 is 4.79 Å². The molecule has 0 atom stereocenters. The molecule has 2 N–H and O–H groups in total. The minimum absolute atomic E-state index is 0.0137. The van der Waals surface area contributed by atoms with Crippen LogP contribution in [0.5, 0.6) is 0 Å². The first-order valence-corrected chi connectivity index (χ1v) is 5.59. The van der Waals surface area contributed by atoms with Crippen LogP contribution in [0.1, 0.15) is 11.1 Å². The van der Waals surface area contributed by atoms with Crippen molar-refractivity contribution in [3.05, 3.63) is 33.8 Å². The van der Waals surface area contributed by atoms with Crippen molar-refractivity contribution in [3.63, 3.8) is 0 Å². The number of aryl methyl sites for hydroxylation is 1. The van der Waals surface area contributed by atoms with Gasteiger partial charge < -0.3 is 10.6 Å². The van der Waals surface area contributed by atoms with Crippen molar-refractivity contribution in [2.75, 3.05) is 13.6 Å².